The average molecular weight is 425 g/mol. The number of benzene rings is 2. The monoisotopic (exact) mass is 424 g/mol. The van der Waals surface area contributed by atoms with Crippen molar-refractivity contribution >= 4 is 15.9 Å². The molecule has 0 aliphatic rings. The first-order chi connectivity index (χ1) is 13.8. The lowest BCUT2D eigenvalue weighted by molar-refractivity contribution is -0.121. The highest BCUT2D eigenvalue weighted by atomic mass is 32.2. The maximum atomic E-state index is 13.1. The predicted octanol–water partition coefficient (Wildman–Crippen LogP) is 3.29. The van der Waals surface area contributed by atoms with E-state index >= 15 is 0 Å². The third-order valence-corrected chi connectivity index (χ3v) is 6.63. The molecule has 29 heavy (non-hydrogen) atoms. The van der Waals surface area contributed by atoms with Crippen molar-refractivity contribution in [1.82, 2.24) is 9.62 Å². The van der Waals surface area contributed by atoms with Gasteiger partial charge in [0.15, 0.2) is 0 Å². The van der Waals surface area contributed by atoms with E-state index in [1.54, 1.807) is 38.1 Å². The topological polar surface area (TPSA) is 66.5 Å². The van der Waals surface area contributed by atoms with Gasteiger partial charge in [-0.2, -0.15) is 4.31 Å². The molecule has 0 saturated heterocycles. The minimum Gasteiger partial charge on any atom is -0.356 e. The summed E-state index contributed by atoms with van der Waals surface area (Å²) in [6.45, 7) is 4.67. The Morgan fingerprint density at radius 2 is 1.52 bits per heavy atom. The second-order valence-corrected chi connectivity index (χ2v) is 8.55. The van der Waals surface area contributed by atoms with Gasteiger partial charge in [-0.25, -0.2) is 17.2 Å². The van der Waals surface area contributed by atoms with Crippen molar-refractivity contribution in [2.24, 2.45) is 0 Å². The number of carbonyl (C=O) groups is 1. The SMILES string of the molecule is CCN(CC)S(=O)(=O)c1ccc(CCC(=O)NCCc2cc(F)cc(F)c2)cc1. The van der Waals surface area contributed by atoms with Crippen molar-refractivity contribution in [1.29, 1.82) is 0 Å². The number of aryl methyl sites for hydroxylation is 1. The molecule has 0 bridgehead atoms. The third-order valence-electron chi connectivity index (χ3n) is 4.57. The fourth-order valence-corrected chi connectivity index (χ4v) is 4.45. The molecule has 8 heteroatoms. The van der Waals surface area contributed by atoms with Gasteiger partial charge in [-0.15, -0.1) is 0 Å². The summed E-state index contributed by atoms with van der Waals surface area (Å²) in [5.74, 6) is -1.46. The van der Waals surface area contributed by atoms with Crippen LogP contribution in [0.4, 0.5) is 8.78 Å². The van der Waals surface area contributed by atoms with E-state index in [0.717, 1.165) is 11.6 Å². The smallest absolute Gasteiger partial charge is 0.243 e. The summed E-state index contributed by atoms with van der Waals surface area (Å²) in [4.78, 5) is 12.2. The normalized spacial score (nSPS) is 11.6. The molecule has 2 aromatic rings. The lowest BCUT2D eigenvalue weighted by atomic mass is 10.1. The van der Waals surface area contributed by atoms with E-state index in [9.17, 15) is 22.0 Å². The molecule has 0 aliphatic carbocycles. The summed E-state index contributed by atoms with van der Waals surface area (Å²) in [5, 5.41) is 2.72. The van der Waals surface area contributed by atoms with Gasteiger partial charge in [-0.05, 0) is 48.2 Å². The summed E-state index contributed by atoms with van der Waals surface area (Å²) < 4.78 is 52.6. The number of halogens is 2. The van der Waals surface area contributed by atoms with Crippen LogP contribution >= 0.6 is 0 Å². The van der Waals surface area contributed by atoms with Crippen LogP contribution in [0.25, 0.3) is 0 Å². The Bertz CT molecular complexity index is 907. The fraction of sp³-hybridized carbons (Fsp3) is 0.381. The van der Waals surface area contributed by atoms with Gasteiger partial charge in [-0.1, -0.05) is 26.0 Å². The Morgan fingerprint density at radius 1 is 0.931 bits per heavy atom. The summed E-state index contributed by atoms with van der Waals surface area (Å²) >= 11 is 0. The van der Waals surface area contributed by atoms with E-state index in [0.29, 0.717) is 31.5 Å². The van der Waals surface area contributed by atoms with Crippen LogP contribution in [0.15, 0.2) is 47.4 Å². The molecule has 0 heterocycles. The second kappa shape index (κ2) is 10.5. The molecule has 158 valence electrons. The van der Waals surface area contributed by atoms with E-state index in [1.807, 2.05) is 0 Å². The summed E-state index contributed by atoms with van der Waals surface area (Å²) in [5.41, 5.74) is 1.33. The van der Waals surface area contributed by atoms with E-state index < -0.39 is 21.7 Å². The molecule has 0 unspecified atom stereocenters. The van der Waals surface area contributed by atoms with E-state index in [4.69, 9.17) is 0 Å². The van der Waals surface area contributed by atoms with Crippen LogP contribution in [0, 0.1) is 11.6 Å². The molecule has 0 radical (unpaired) electrons. The Balaban J connectivity index is 1.83. The maximum Gasteiger partial charge on any atom is 0.243 e. The van der Waals surface area contributed by atoms with Crippen molar-refractivity contribution in [3.05, 3.63) is 65.2 Å². The van der Waals surface area contributed by atoms with E-state index in [-0.39, 0.29) is 23.8 Å². The molecular weight excluding hydrogens is 398 g/mol. The lowest BCUT2D eigenvalue weighted by Crippen LogP contribution is -2.30. The van der Waals surface area contributed by atoms with Gasteiger partial charge in [0.2, 0.25) is 15.9 Å². The van der Waals surface area contributed by atoms with Crippen molar-refractivity contribution in [2.75, 3.05) is 19.6 Å². The highest BCUT2D eigenvalue weighted by molar-refractivity contribution is 7.89. The molecule has 0 atom stereocenters. The first kappa shape index (κ1) is 23.0. The molecule has 1 N–H and O–H groups in total. The van der Waals surface area contributed by atoms with Crippen molar-refractivity contribution in [3.63, 3.8) is 0 Å². The molecule has 0 fully saturated rings. The summed E-state index contributed by atoms with van der Waals surface area (Å²) in [7, 11) is -3.49. The quantitative estimate of drug-likeness (QED) is 0.637. The fourth-order valence-electron chi connectivity index (χ4n) is 2.99. The zero-order chi connectivity index (χ0) is 21.4. The van der Waals surface area contributed by atoms with Gasteiger partial charge in [0.05, 0.1) is 4.90 Å². The van der Waals surface area contributed by atoms with Crippen LogP contribution in [-0.2, 0) is 27.7 Å². The first-order valence-electron chi connectivity index (χ1n) is 9.57. The molecular formula is C21H26F2N2O3S. The Hall–Kier alpha value is -2.32. The van der Waals surface area contributed by atoms with Gasteiger partial charge >= 0.3 is 0 Å². The molecule has 0 aromatic heterocycles. The second-order valence-electron chi connectivity index (χ2n) is 6.61. The minimum absolute atomic E-state index is 0.179. The van der Waals surface area contributed by atoms with Gasteiger partial charge < -0.3 is 5.32 Å². The largest absolute Gasteiger partial charge is 0.356 e. The Morgan fingerprint density at radius 3 is 2.07 bits per heavy atom. The molecule has 2 aromatic carbocycles. The number of nitrogens with zero attached hydrogens (tertiary/aromatic N) is 1. The number of amides is 1. The lowest BCUT2D eigenvalue weighted by Gasteiger charge is -2.18. The van der Waals surface area contributed by atoms with E-state index in [1.165, 1.54) is 16.4 Å². The molecule has 0 aliphatic heterocycles. The number of sulfonamides is 1. The zero-order valence-electron chi connectivity index (χ0n) is 16.6. The van der Waals surface area contributed by atoms with Crippen LogP contribution in [0.3, 0.4) is 0 Å². The third kappa shape index (κ3) is 6.61. The number of carbonyl (C=O) groups excluding carboxylic acids is 1. The minimum atomic E-state index is -3.49. The van der Waals surface area contributed by atoms with Gasteiger partial charge in [0.1, 0.15) is 11.6 Å². The zero-order valence-corrected chi connectivity index (χ0v) is 17.4. The molecule has 5 nitrogen and oxygen atoms in total. The van der Waals surface area contributed by atoms with Crippen LogP contribution in [-0.4, -0.2) is 38.3 Å². The first-order valence-corrected chi connectivity index (χ1v) is 11.0. The predicted molar refractivity (Wildman–Crippen MR) is 108 cm³/mol. The van der Waals surface area contributed by atoms with E-state index in [2.05, 4.69) is 5.32 Å². The van der Waals surface area contributed by atoms with Crippen LogP contribution in [0.5, 0.6) is 0 Å². The highest BCUT2D eigenvalue weighted by Gasteiger charge is 2.21. The number of rotatable bonds is 10. The Labute approximate surface area is 170 Å². The van der Waals surface area contributed by atoms with Crippen molar-refractivity contribution in [2.45, 2.75) is 38.0 Å². The highest BCUT2D eigenvalue weighted by Crippen LogP contribution is 2.17. The van der Waals surface area contributed by atoms with Crippen molar-refractivity contribution in [3.8, 4) is 0 Å². The number of nitrogens with one attached hydrogen (secondary N) is 1. The van der Waals surface area contributed by atoms with Crippen molar-refractivity contribution < 1.29 is 22.0 Å². The van der Waals surface area contributed by atoms with Gasteiger partial charge in [0, 0.05) is 32.1 Å². The molecule has 2 rings (SSSR count). The molecule has 1 amide bonds. The van der Waals surface area contributed by atoms with Crippen LogP contribution in [0.2, 0.25) is 0 Å². The summed E-state index contributed by atoms with van der Waals surface area (Å²) in [6, 6.07) is 9.81. The number of hydrogen-bond acceptors (Lipinski definition) is 3. The van der Waals surface area contributed by atoms with Gasteiger partial charge in [0.25, 0.3) is 0 Å². The number of hydrogen-bond donors (Lipinski definition) is 1. The maximum absolute atomic E-state index is 13.1. The molecule has 0 saturated carbocycles. The van der Waals surface area contributed by atoms with Crippen LogP contribution < -0.4 is 5.32 Å². The van der Waals surface area contributed by atoms with Gasteiger partial charge in [-0.3, -0.25) is 4.79 Å². The molecule has 0 spiro atoms. The standard InChI is InChI=1S/C21H26F2N2O3S/c1-3-25(4-2)29(27,28)20-8-5-16(6-9-20)7-10-21(26)24-12-11-17-13-18(22)15-19(23)14-17/h5-6,8-9,13-15H,3-4,7,10-12H2,1-2H3,(H,24,26). The van der Waals surface area contributed by atoms with Crippen LogP contribution in [0.1, 0.15) is 31.4 Å². The Kier molecular flexibility index (Phi) is 8.28. The average Bonchev–Trinajstić information content (AvgIpc) is 2.66. The summed E-state index contributed by atoms with van der Waals surface area (Å²) in [6.07, 6.45) is 1.03.